The van der Waals surface area contributed by atoms with Gasteiger partial charge < -0.3 is 10.1 Å². The molecule has 0 aliphatic carbocycles. The molecule has 88 valence electrons. The number of halogens is 1. The lowest BCUT2D eigenvalue weighted by Gasteiger charge is -2.17. The summed E-state index contributed by atoms with van der Waals surface area (Å²) in [5.41, 5.74) is 0.737. The highest BCUT2D eigenvalue weighted by Gasteiger charge is 2.19. The van der Waals surface area contributed by atoms with Crippen molar-refractivity contribution in [2.75, 3.05) is 13.7 Å². The average Bonchev–Trinajstić information content (AvgIpc) is 2.58. The normalized spacial score (nSPS) is 21.5. The van der Waals surface area contributed by atoms with Crippen molar-refractivity contribution in [1.29, 1.82) is 0 Å². The molecule has 0 radical (unpaired) electrons. The van der Waals surface area contributed by atoms with Crippen molar-refractivity contribution in [2.45, 2.75) is 31.7 Å². The van der Waals surface area contributed by atoms with Crippen LogP contribution in [-0.2, 0) is 0 Å². The number of benzene rings is 1. The smallest absolute Gasteiger partial charge is 0.169 e. The first kappa shape index (κ1) is 11.4. The monoisotopic (exact) mass is 223 g/mol. The van der Waals surface area contributed by atoms with Gasteiger partial charge in [-0.1, -0.05) is 25.0 Å². The predicted octanol–water partition coefficient (Wildman–Crippen LogP) is 3.04. The van der Waals surface area contributed by atoms with Gasteiger partial charge in [0.05, 0.1) is 7.11 Å². The molecule has 1 aromatic rings. The van der Waals surface area contributed by atoms with E-state index in [2.05, 4.69) is 5.32 Å². The molecule has 1 heterocycles. The Labute approximate surface area is 95.8 Å². The van der Waals surface area contributed by atoms with E-state index in [0.29, 0.717) is 5.75 Å². The Morgan fingerprint density at radius 3 is 3.00 bits per heavy atom. The third-order valence-electron chi connectivity index (χ3n) is 3.15. The van der Waals surface area contributed by atoms with Crippen LogP contribution in [0.4, 0.5) is 4.39 Å². The van der Waals surface area contributed by atoms with Crippen LogP contribution in [0.15, 0.2) is 18.2 Å². The van der Waals surface area contributed by atoms with Crippen molar-refractivity contribution in [2.24, 2.45) is 0 Å². The molecule has 2 rings (SSSR count). The molecular formula is C13H18FNO. The Hall–Kier alpha value is -1.09. The highest BCUT2D eigenvalue weighted by molar-refractivity contribution is 5.33. The van der Waals surface area contributed by atoms with E-state index in [1.807, 2.05) is 12.1 Å². The van der Waals surface area contributed by atoms with E-state index < -0.39 is 0 Å². The van der Waals surface area contributed by atoms with Crippen molar-refractivity contribution in [3.63, 3.8) is 0 Å². The summed E-state index contributed by atoms with van der Waals surface area (Å²) in [6.45, 7) is 0.974. The maximum absolute atomic E-state index is 14.0. The maximum atomic E-state index is 14.0. The third-order valence-corrected chi connectivity index (χ3v) is 3.15. The molecular weight excluding hydrogens is 205 g/mol. The standard InChI is InChI=1S/C13H18FNO/c1-16-12-8-5-6-10(13(12)14)11-7-3-2-4-9-15-11/h5-6,8,11,15H,2-4,7,9H2,1H3. The maximum Gasteiger partial charge on any atom is 0.169 e. The highest BCUT2D eigenvalue weighted by Crippen LogP contribution is 2.29. The first-order valence-corrected chi connectivity index (χ1v) is 5.88. The van der Waals surface area contributed by atoms with Crippen molar-refractivity contribution in [3.8, 4) is 5.75 Å². The number of rotatable bonds is 2. The van der Waals surface area contributed by atoms with Crippen LogP contribution in [0.3, 0.4) is 0 Å². The van der Waals surface area contributed by atoms with Gasteiger partial charge in [0.25, 0.3) is 0 Å². The minimum atomic E-state index is -0.218. The van der Waals surface area contributed by atoms with Crippen molar-refractivity contribution in [1.82, 2.24) is 5.32 Å². The summed E-state index contributed by atoms with van der Waals surface area (Å²) in [7, 11) is 1.50. The first-order chi connectivity index (χ1) is 7.83. The number of hydrogen-bond donors (Lipinski definition) is 1. The van der Waals surface area contributed by atoms with Gasteiger partial charge in [0.15, 0.2) is 11.6 Å². The fourth-order valence-electron chi connectivity index (χ4n) is 2.25. The Morgan fingerprint density at radius 2 is 2.19 bits per heavy atom. The zero-order valence-corrected chi connectivity index (χ0v) is 9.63. The lowest BCUT2D eigenvalue weighted by molar-refractivity contribution is 0.378. The average molecular weight is 223 g/mol. The molecule has 1 saturated heterocycles. The van der Waals surface area contributed by atoms with Gasteiger partial charge in [-0.2, -0.15) is 0 Å². The molecule has 1 aliphatic rings. The first-order valence-electron chi connectivity index (χ1n) is 5.88. The van der Waals surface area contributed by atoms with Crippen molar-refractivity contribution in [3.05, 3.63) is 29.6 Å². The molecule has 1 N–H and O–H groups in total. The predicted molar refractivity (Wildman–Crippen MR) is 62.2 cm³/mol. The second kappa shape index (κ2) is 5.30. The van der Waals surface area contributed by atoms with Gasteiger partial charge in [-0.05, 0) is 25.5 Å². The highest BCUT2D eigenvalue weighted by atomic mass is 19.1. The zero-order chi connectivity index (χ0) is 11.4. The van der Waals surface area contributed by atoms with E-state index in [1.54, 1.807) is 6.07 Å². The summed E-state index contributed by atoms with van der Waals surface area (Å²) >= 11 is 0. The van der Waals surface area contributed by atoms with Gasteiger partial charge in [-0.15, -0.1) is 0 Å². The van der Waals surface area contributed by atoms with E-state index in [1.165, 1.54) is 20.0 Å². The summed E-state index contributed by atoms with van der Waals surface area (Å²) in [6.07, 6.45) is 4.58. The zero-order valence-electron chi connectivity index (χ0n) is 9.63. The second-order valence-corrected chi connectivity index (χ2v) is 4.22. The van der Waals surface area contributed by atoms with Crippen LogP contribution in [0.2, 0.25) is 0 Å². The Kier molecular flexibility index (Phi) is 3.78. The number of hydrogen-bond acceptors (Lipinski definition) is 2. The second-order valence-electron chi connectivity index (χ2n) is 4.22. The van der Waals surface area contributed by atoms with Crippen LogP contribution in [0.5, 0.6) is 5.75 Å². The van der Waals surface area contributed by atoms with Gasteiger partial charge in [0.2, 0.25) is 0 Å². The van der Waals surface area contributed by atoms with Crippen LogP contribution in [-0.4, -0.2) is 13.7 Å². The summed E-state index contributed by atoms with van der Waals surface area (Å²) < 4.78 is 19.0. The molecule has 0 bridgehead atoms. The molecule has 0 spiro atoms. The lowest BCUT2D eigenvalue weighted by Crippen LogP contribution is -2.21. The number of nitrogens with one attached hydrogen (secondary N) is 1. The largest absolute Gasteiger partial charge is 0.494 e. The summed E-state index contributed by atoms with van der Waals surface area (Å²) in [4.78, 5) is 0. The van der Waals surface area contributed by atoms with E-state index in [9.17, 15) is 4.39 Å². The lowest BCUT2D eigenvalue weighted by atomic mass is 10.0. The summed E-state index contributed by atoms with van der Waals surface area (Å²) in [6, 6.07) is 5.50. The van der Waals surface area contributed by atoms with Crippen molar-refractivity contribution >= 4 is 0 Å². The molecule has 0 saturated carbocycles. The molecule has 0 aromatic heterocycles. The molecule has 1 fully saturated rings. The SMILES string of the molecule is COc1cccc(C2CCCCCN2)c1F. The van der Waals surface area contributed by atoms with Gasteiger partial charge >= 0.3 is 0 Å². The molecule has 1 atom stereocenters. The van der Waals surface area contributed by atoms with Crippen LogP contribution in [0.1, 0.15) is 37.3 Å². The van der Waals surface area contributed by atoms with E-state index in [4.69, 9.17) is 4.74 Å². The van der Waals surface area contributed by atoms with E-state index in [-0.39, 0.29) is 11.9 Å². The van der Waals surface area contributed by atoms with Crippen LogP contribution in [0.25, 0.3) is 0 Å². The van der Waals surface area contributed by atoms with Gasteiger partial charge in [0.1, 0.15) is 0 Å². The Bertz CT molecular complexity index is 346. The Morgan fingerprint density at radius 1 is 1.31 bits per heavy atom. The third kappa shape index (κ3) is 2.35. The molecule has 2 nitrogen and oxygen atoms in total. The van der Waals surface area contributed by atoms with Gasteiger partial charge in [0, 0.05) is 11.6 Å². The Balaban J connectivity index is 2.24. The van der Waals surface area contributed by atoms with Crippen LogP contribution >= 0.6 is 0 Å². The molecule has 1 aromatic carbocycles. The molecule has 0 amide bonds. The minimum Gasteiger partial charge on any atom is -0.494 e. The number of methoxy groups -OCH3 is 1. The molecule has 3 heteroatoms. The number of ether oxygens (including phenoxy) is 1. The summed E-state index contributed by atoms with van der Waals surface area (Å²) in [5.74, 6) is 0.118. The topological polar surface area (TPSA) is 21.3 Å². The van der Waals surface area contributed by atoms with E-state index >= 15 is 0 Å². The molecule has 16 heavy (non-hydrogen) atoms. The fourth-order valence-corrected chi connectivity index (χ4v) is 2.25. The van der Waals surface area contributed by atoms with E-state index in [0.717, 1.165) is 24.9 Å². The van der Waals surface area contributed by atoms with Crippen LogP contribution in [0, 0.1) is 5.82 Å². The molecule has 1 unspecified atom stereocenters. The minimum absolute atomic E-state index is 0.137. The fraction of sp³-hybridized carbons (Fsp3) is 0.538. The van der Waals surface area contributed by atoms with Crippen LogP contribution < -0.4 is 10.1 Å². The summed E-state index contributed by atoms with van der Waals surface area (Å²) in [5, 5.41) is 3.39. The van der Waals surface area contributed by atoms with Gasteiger partial charge in [-0.25, -0.2) is 4.39 Å². The van der Waals surface area contributed by atoms with Gasteiger partial charge in [-0.3, -0.25) is 0 Å². The molecule has 1 aliphatic heterocycles. The van der Waals surface area contributed by atoms with Crippen molar-refractivity contribution < 1.29 is 9.13 Å². The quantitative estimate of drug-likeness (QED) is 0.832.